The zero-order valence-corrected chi connectivity index (χ0v) is 12.5. The number of benzene rings is 1. The third-order valence-electron chi connectivity index (χ3n) is 4.52. The molecule has 5 nitrogen and oxygen atoms in total. The molecule has 0 amide bonds. The van der Waals surface area contributed by atoms with Crippen molar-refractivity contribution in [3.8, 4) is 11.3 Å². The number of hydrogen-bond acceptors (Lipinski definition) is 4. The minimum Gasteiger partial charge on any atom is -0.437 e. The Morgan fingerprint density at radius 1 is 1.17 bits per heavy atom. The average Bonchev–Trinajstić information content (AvgIpc) is 3.03. The van der Waals surface area contributed by atoms with E-state index in [1.165, 1.54) is 5.56 Å². The number of aromatic amines is 1. The Kier molecular flexibility index (Phi) is 2.34. The van der Waals surface area contributed by atoms with Crippen molar-refractivity contribution in [1.82, 2.24) is 15.2 Å². The van der Waals surface area contributed by atoms with Gasteiger partial charge in [0.1, 0.15) is 5.58 Å². The molecule has 0 radical (unpaired) electrons. The molecular formula is C18H13N3O2. The van der Waals surface area contributed by atoms with E-state index in [0.29, 0.717) is 22.1 Å². The van der Waals surface area contributed by atoms with E-state index >= 15 is 0 Å². The van der Waals surface area contributed by atoms with Crippen molar-refractivity contribution in [3.63, 3.8) is 0 Å². The highest BCUT2D eigenvalue weighted by Gasteiger charge is 2.21. The van der Waals surface area contributed by atoms with Gasteiger partial charge in [-0.25, -0.2) is 4.98 Å². The Morgan fingerprint density at radius 2 is 2.09 bits per heavy atom. The van der Waals surface area contributed by atoms with Crippen LogP contribution in [0.15, 0.2) is 39.7 Å². The molecule has 5 rings (SSSR count). The molecule has 0 bridgehead atoms. The van der Waals surface area contributed by atoms with Gasteiger partial charge < -0.3 is 4.42 Å². The molecule has 0 atom stereocenters. The Morgan fingerprint density at radius 3 is 3.00 bits per heavy atom. The summed E-state index contributed by atoms with van der Waals surface area (Å²) >= 11 is 0. The SMILES string of the molecule is Cc1ccc2oc3nc4c(cc3c(=O)c2c1)-c1[nH]ncc1CC4. The van der Waals surface area contributed by atoms with Gasteiger partial charge in [0.05, 0.1) is 28.4 Å². The maximum absolute atomic E-state index is 12.9. The number of aromatic nitrogens is 3. The van der Waals surface area contributed by atoms with Gasteiger partial charge in [0, 0.05) is 5.56 Å². The van der Waals surface area contributed by atoms with E-state index < -0.39 is 0 Å². The Hall–Kier alpha value is -2.95. The summed E-state index contributed by atoms with van der Waals surface area (Å²) in [4.78, 5) is 17.5. The van der Waals surface area contributed by atoms with Crippen molar-refractivity contribution in [2.24, 2.45) is 0 Å². The fourth-order valence-corrected chi connectivity index (χ4v) is 3.33. The van der Waals surface area contributed by atoms with E-state index in [9.17, 15) is 4.79 Å². The Labute approximate surface area is 131 Å². The zero-order valence-electron chi connectivity index (χ0n) is 12.5. The topological polar surface area (TPSA) is 71.8 Å². The molecule has 5 heteroatoms. The number of nitrogens with zero attached hydrogens (tertiary/aromatic N) is 2. The molecule has 1 aliphatic carbocycles. The van der Waals surface area contributed by atoms with Crippen LogP contribution < -0.4 is 5.43 Å². The molecule has 0 unspecified atom stereocenters. The number of H-pyrrole nitrogens is 1. The predicted molar refractivity (Wildman–Crippen MR) is 87.5 cm³/mol. The van der Waals surface area contributed by atoms with E-state index in [4.69, 9.17) is 4.42 Å². The Balaban J connectivity index is 1.92. The van der Waals surface area contributed by atoms with Gasteiger partial charge in [0.25, 0.3) is 0 Å². The van der Waals surface area contributed by atoms with E-state index in [-0.39, 0.29) is 5.43 Å². The number of pyridine rings is 1. The number of hydrogen-bond donors (Lipinski definition) is 1. The van der Waals surface area contributed by atoms with Crippen molar-refractivity contribution in [2.75, 3.05) is 0 Å². The molecule has 1 aromatic carbocycles. The van der Waals surface area contributed by atoms with E-state index in [1.54, 1.807) is 0 Å². The van der Waals surface area contributed by atoms with Crippen LogP contribution >= 0.6 is 0 Å². The third-order valence-corrected chi connectivity index (χ3v) is 4.52. The van der Waals surface area contributed by atoms with E-state index in [1.807, 2.05) is 37.4 Å². The summed E-state index contributed by atoms with van der Waals surface area (Å²) in [5, 5.41) is 8.25. The number of aryl methyl sites for hydroxylation is 3. The summed E-state index contributed by atoms with van der Waals surface area (Å²) in [6.07, 6.45) is 3.57. The highest BCUT2D eigenvalue weighted by molar-refractivity contribution is 5.91. The number of nitrogens with one attached hydrogen (secondary N) is 1. The summed E-state index contributed by atoms with van der Waals surface area (Å²) in [5.74, 6) is 0. The normalized spacial score (nSPS) is 13.3. The first-order valence-electron chi connectivity index (χ1n) is 7.60. The monoisotopic (exact) mass is 303 g/mol. The van der Waals surface area contributed by atoms with Gasteiger partial charge in [-0.3, -0.25) is 9.89 Å². The molecule has 3 heterocycles. The summed E-state index contributed by atoms with van der Waals surface area (Å²) in [5.41, 5.74) is 6.02. The number of rotatable bonds is 0. The second-order valence-electron chi connectivity index (χ2n) is 6.04. The highest BCUT2D eigenvalue weighted by atomic mass is 16.3. The van der Waals surface area contributed by atoms with Gasteiger partial charge in [-0.15, -0.1) is 0 Å². The maximum Gasteiger partial charge on any atom is 0.230 e. The van der Waals surface area contributed by atoms with Crippen LogP contribution in [-0.2, 0) is 12.8 Å². The van der Waals surface area contributed by atoms with Gasteiger partial charge in [-0.1, -0.05) is 11.6 Å². The van der Waals surface area contributed by atoms with Gasteiger partial charge in [0.15, 0.2) is 0 Å². The molecule has 23 heavy (non-hydrogen) atoms. The highest BCUT2D eigenvalue weighted by Crippen LogP contribution is 2.32. The lowest BCUT2D eigenvalue weighted by Crippen LogP contribution is -2.09. The van der Waals surface area contributed by atoms with Crippen LogP contribution in [0.2, 0.25) is 0 Å². The standard InChI is InChI=1S/C18H13N3O2/c1-9-2-5-15-12(6-9)17(22)13-7-11-14(20-18(13)23-15)4-3-10-8-19-21-16(10)11/h2,5-8H,3-4H2,1H3,(H,19,21). The molecular weight excluding hydrogens is 290 g/mol. The van der Waals surface area contributed by atoms with E-state index in [2.05, 4.69) is 15.2 Å². The van der Waals surface area contributed by atoms with Gasteiger partial charge in [-0.2, -0.15) is 5.10 Å². The second kappa shape index (κ2) is 4.29. The first-order valence-corrected chi connectivity index (χ1v) is 7.60. The predicted octanol–water partition coefficient (Wildman–Crippen LogP) is 3.14. The zero-order chi connectivity index (χ0) is 15.6. The molecule has 1 aliphatic rings. The fourth-order valence-electron chi connectivity index (χ4n) is 3.33. The van der Waals surface area contributed by atoms with Crippen LogP contribution in [0.5, 0.6) is 0 Å². The van der Waals surface area contributed by atoms with Gasteiger partial charge in [-0.05, 0) is 43.5 Å². The lowest BCUT2D eigenvalue weighted by molar-refractivity contribution is 0.641. The molecule has 0 saturated carbocycles. The largest absolute Gasteiger partial charge is 0.437 e. The van der Waals surface area contributed by atoms with Crippen LogP contribution in [0.4, 0.5) is 0 Å². The number of fused-ring (bicyclic) bond motifs is 5. The molecule has 0 aliphatic heterocycles. The molecule has 0 saturated heterocycles. The summed E-state index contributed by atoms with van der Waals surface area (Å²) in [7, 11) is 0. The smallest absolute Gasteiger partial charge is 0.230 e. The third kappa shape index (κ3) is 1.70. The minimum absolute atomic E-state index is 0.0353. The van der Waals surface area contributed by atoms with Crippen molar-refractivity contribution in [2.45, 2.75) is 19.8 Å². The first-order chi connectivity index (χ1) is 11.2. The lowest BCUT2D eigenvalue weighted by Gasteiger charge is -2.15. The van der Waals surface area contributed by atoms with Crippen LogP contribution in [0.25, 0.3) is 33.3 Å². The maximum atomic E-state index is 12.9. The summed E-state index contributed by atoms with van der Waals surface area (Å²) in [6, 6.07) is 7.52. The molecule has 4 aromatic rings. The summed E-state index contributed by atoms with van der Waals surface area (Å²) in [6.45, 7) is 1.96. The van der Waals surface area contributed by atoms with Crippen molar-refractivity contribution in [3.05, 3.63) is 57.5 Å². The molecule has 3 aromatic heterocycles. The molecule has 1 N–H and O–H groups in total. The van der Waals surface area contributed by atoms with Crippen LogP contribution in [-0.4, -0.2) is 15.2 Å². The quantitative estimate of drug-likeness (QED) is 0.507. The summed E-state index contributed by atoms with van der Waals surface area (Å²) < 4.78 is 5.88. The molecule has 112 valence electrons. The van der Waals surface area contributed by atoms with Gasteiger partial charge >= 0.3 is 0 Å². The van der Waals surface area contributed by atoms with Crippen LogP contribution in [0, 0.1) is 6.92 Å². The van der Waals surface area contributed by atoms with Crippen molar-refractivity contribution >= 4 is 22.1 Å². The van der Waals surface area contributed by atoms with Gasteiger partial charge in [0.2, 0.25) is 11.1 Å². The second-order valence-corrected chi connectivity index (χ2v) is 6.04. The average molecular weight is 303 g/mol. The van der Waals surface area contributed by atoms with Crippen molar-refractivity contribution < 1.29 is 4.42 Å². The molecule has 0 fully saturated rings. The van der Waals surface area contributed by atoms with Crippen molar-refractivity contribution in [1.29, 1.82) is 0 Å². The van der Waals surface area contributed by atoms with Crippen LogP contribution in [0.3, 0.4) is 0 Å². The fraction of sp³-hybridized carbons (Fsp3) is 0.167. The van der Waals surface area contributed by atoms with Crippen LogP contribution in [0.1, 0.15) is 16.8 Å². The lowest BCUT2D eigenvalue weighted by atomic mass is 9.93. The minimum atomic E-state index is -0.0353. The Bertz CT molecular complexity index is 1150. The first kappa shape index (κ1) is 12.6. The van der Waals surface area contributed by atoms with E-state index in [0.717, 1.165) is 35.4 Å². The molecule has 0 spiro atoms.